The number of aryl methyl sites for hydroxylation is 1. The molecule has 3 N–H and O–H groups in total. The van der Waals surface area contributed by atoms with Crippen LogP contribution in [0.2, 0.25) is 0 Å². The summed E-state index contributed by atoms with van der Waals surface area (Å²) in [5, 5.41) is 25.3. The molecule has 0 fully saturated rings. The summed E-state index contributed by atoms with van der Waals surface area (Å²) in [5.41, 5.74) is 4.94. The zero-order chi connectivity index (χ0) is 25.7. The molecule has 0 atom stereocenters. The molecule has 3 aromatic rings. The Kier molecular flexibility index (Phi) is 7.79. The third-order valence-electron chi connectivity index (χ3n) is 5.68. The first kappa shape index (κ1) is 25.5. The second-order valence-electron chi connectivity index (χ2n) is 9.06. The van der Waals surface area contributed by atoms with Crippen LogP contribution in [-0.2, 0) is 29.1 Å². The Bertz CT molecular complexity index is 1420. The van der Waals surface area contributed by atoms with E-state index in [9.17, 15) is 14.6 Å². The average molecular weight is 507 g/mol. The van der Waals surface area contributed by atoms with E-state index in [2.05, 4.69) is 60.1 Å². The molecule has 0 saturated heterocycles. The van der Waals surface area contributed by atoms with Crippen molar-refractivity contribution >= 4 is 38.8 Å². The zero-order valence-electron chi connectivity index (χ0n) is 20.7. The maximum Gasteiger partial charge on any atom is 0.229 e. The minimum absolute atomic E-state index is 0.149. The molecule has 4 rings (SSSR count). The largest absolute Gasteiger partial charge is 0.396 e. The summed E-state index contributed by atoms with van der Waals surface area (Å²) in [6, 6.07) is 11.4. The van der Waals surface area contributed by atoms with E-state index in [1.807, 2.05) is 0 Å². The first-order chi connectivity index (χ1) is 17.2. The van der Waals surface area contributed by atoms with Gasteiger partial charge in [0.05, 0.1) is 6.20 Å². The molecule has 10 nitrogen and oxygen atoms in total. The number of likely N-dealkylation sites (N-methyl/N-ethyl adjacent to an activating group) is 1. The molecule has 1 aliphatic heterocycles. The number of hydrogen-bond acceptors (Lipinski definition) is 10. The third-order valence-corrected chi connectivity index (χ3v) is 6.31. The van der Waals surface area contributed by atoms with Gasteiger partial charge in [-0.15, -0.1) is 0 Å². The van der Waals surface area contributed by atoms with Gasteiger partial charge in [0.1, 0.15) is 17.5 Å². The van der Waals surface area contributed by atoms with E-state index in [4.69, 9.17) is 0 Å². The van der Waals surface area contributed by atoms with Crippen molar-refractivity contribution in [3.05, 3.63) is 58.8 Å². The lowest BCUT2D eigenvalue weighted by Crippen LogP contribution is -2.27. The number of benzene rings is 1. The summed E-state index contributed by atoms with van der Waals surface area (Å²) in [4.78, 5) is 15.5. The average Bonchev–Trinajstić information content (AvgIpc) is 2.81. The minimum atomic E-state index is -2.36. The van der Waals surface area contributed by atoms with Crippen LogP contribution < -0.4 is 10.6 Å². The lowest BCUT2D eigenvalue weighted by atomic mass is 9.91. The van der Waals surface area contributed by atoms with Gasteiger partial charge in [0.2, 0.25) is 5.95 Å². The summed E-state index contributed by atoms with van der Waals surface area (Å²) in [7, 11) is -0.256. The van der Waals surface area contributed by atoms with E-state index < -0.39 is 9.73 Å². The number of aliphatic hydroxyl groups excluding tert-OH is 1. The minimum Gasteiger partial charge on any atom is -0.396 e. The lowest BCUT2D eigenvalue weighted by Gasteiger charge is -2.28. The van der Waals surface area contributed by atoms with Gasteiger partial charge in [0.15, 0.2) is 11.6 Å². The molecule has 1 aliphatic rings. The Morgan fingerprint density at radius 2 is 2.08 bits per heavy atom. The zero-order valence-corrected chi connectivity index (χ0v) is 21.5. The molecule has 0 unspecified atom stereocenters. The van der Waals surface area contributed by atoms with Crippen LogP contribution >= 0.6 is 0 Å². The summed E-state index contributed by atoms with van der Waals surface area (Å²) in [6.07, 6.45) is 7.02. The fourth-order valence-electron chi connectivity index (χ4n) is 4.14. The molecular weight excluding hydrogens is 476 g/mol. The summed E-state index contributed by atoms with van der Waals surface area (Å²) >= 11 is 0. The molecule has 2 aromatic heterocycles. The van der Waals surface area contributed by atoms with Gasteiger partial charge >= 0.3 is 0 Å². The van der Waals surface area contributed by atoms with Gasteiger partial charge in [-0.1, -0.05) is 6.07 Å². The molecule has 36 heavy (non-hydrogen) atoms. The second-order valence-corrected chi connectivity index (χ2v) is 11.6. The van der Waals surface area contributed by atoms with Crippen molar-refractivity contribution in [1.82, 2.24) is 19.9 Å². The van der Waals surface area contributed by atoms with E-state index in [1.54, 1.807) is 30.7 Å². The molecule has 3 heterocycles. The van der Waals surface area contributed by atoms with Crippen LogP contribution in [0.1, 0.15) is 28.7 Å². The van der Waals surface area contributed by atoms with Gasteiger partial charge in [-0.2, -0.15) is 14.6 Å². The first-order valence-corrected chi connectivity index (χ1v) is 14.0. The highest BCUT2D eigenvalue weighted by Crippen LogP contribution is 2.29. The smallest absolute Gasteiger partial charge is 0.229 e. The predicted molar refractivity (Wildman–Crippen MR) is 142 cm³/mol. The van der Waals surface area contributed by atoms with E-state index in [-0.39, 0.29) is 12.2 Å². The van der Waals surface area contributed by atoms with Crippen molar-refractivity contribution in [2.24, 2.45) is 4.36 Å². The number of nitriles is 1. The Morgan fingerprint density at radius 3 is 2.83 bits per heavy atom. The fourth-order valence-corrected chi connectivity index (χ4v) is 4.69. The first-order valence-electron chi connectivity index (χ1n) is 11.6. The maximum atomic E-state index is 12.0. The Morgan fingerprint density at radius 1 is 1.25 bits per heavy atom. The van der Waals surface area contributed by atoms with Crippen molar-refractivity contribution in [2.75, 3.05) is 43.3 Å². The molecular formula is C25H30N8O2S. The van der Waals surface area contributed by atoms with Crippen LogP contribution in [0.15, 0.2) is 40.9 Å². The van der Waals surface area contributed by atoms with E-state index in [1.165, 1.54) is 22.9 Å². The molecule has 0 bridgehead atoms. The molecule has 1 aromatic carbocycles. The number of nitrogens with zero attached hydrogens (tertiary/aromatic N) is 6. The quantitative estimate of drug-likeness (QED) is 0.419. The molecule has 0 amide bonds. The van der Waals surface area contributed by atoms with Gasteiger partial charge in [-0.25, -0.2) is 14.2 Å². The normalized spacial score (nSPS) is 13.5. The van der Waals surface area contributed by atoms with E-state index in [0.29, 0.717) is 29.8 Å². The highest BCUT2D eigenvalue weighted by Gasteiger charge is 2.18. The van der Waals surface area contributed by atoms with Gasteiger partial charge < -0.3 is 20.6 Å². The number of aliphatic hydroxyl groups is 1. The van der Waals surface area contributed by atoms with Gasteiger partial charge in [-0.05, 0) is 67.3 Å². The highest BCUT2D eigenvalue weighted by molar-refractivity contribution is 7.92. The summed E-state index contributed by atoms with van der Waals surface area (Å²) < 4.78 is 16.1. The maximum absolute atomic E-state index is 12.0. The number of pyridine rings is 1. The Hall–Kier alpha value is -3.59. The lowest BCUT2D eigenvalue weighted by molar-refractivity contribution is 0.287. The molecule has 0 aliphatic carbocycles. The van der Waals surface area contributed by atoms with Crippen LogP contribution in [-0.4, -0.2) is 61.9 Å². The number of hydrogen-bond donors (Lipinski definition) is 3. The molecule has 188 valence electrons. The SMILES string of the molecule is CN1CCc2c(CCCO)cc(Nc3ncc(C#N)c(Nc4cccc(N=S(C)(C)=O)n4)n3)cc2C1. The third kappa shape index (κ3) is 6.54. The van der Waals surface area contributed by atoms with Crippen molar-refractivity contribution in [3.8, 4) is 6.07 Å². The number of fused-ring (bicyclic) bond motifs is 1. The molecule has 0 saturated carbocycles. The van der Waals surface area contributed by atoms with Crippen LogP contribution in [0.5, 0.6) is 0 Å². The number of anilines is 4. The summed E-state index contributed by atoms with van der Waals surface area (Å²) in [5.74, 6) is 1.38. The molecule has 11 heteroatoms. The highest BCUT2D eigenvalue weighted by atomic mass is 32.2. The second kappa shape index (κ2) is 11.0. The van der Waals surface area contributed by atoms with Crippen LogP contribution in [0.25, 0.3) is 0 Å². The van der Waals surface area contributed by atoms with Crippen LogP contribution in [0.4, 0.5) is 29.1 Å². The number of rotatable bonds is 8. The monoisotopic (exact) mass is 506 g/mol. The molecule has 0 spiro atoms. The van der Waals surface area contributed by atoms with Crippen molar-refractivity contribution < 1.29 is 9.32 Å². The van der Waals surface area contributed by atoms with Crippen molar-refractivity contribution in [3.63, 3.8) is 0 Å². The topological polar surface area (TPSA) is 139 Å². The number of nitrogens with one attached hydrogen (secondary N) is 2. The van der Waals surface area contributed by atoms with Gasteiger partial charge in [-0.3, -0.25) is 0 Å². The standard InChI is InChI=1S/C25H30N8O2S/c1-33-10-9-21-17(6-5-11-34)12-20(13-18(21)16-33)28-25-27-15-19(14-26)24(31-25)30-22-7-4-8-23(29-22)32-36(2,3)35/h4,7-8,12-13,15,34H,5-6,9-11,16H2,1-3H3,(H2,27,28,29,30,31). The summed E-state index contributed by atoms with van der Waals surface area (Å²) in [6.45, 7) is 2.01. The Balaban J connectivity index is 1.63. The molecule has 0 radical (unpaired) electrons. The fraction of sp³-hybridized carbons (Fsp3) is 0.360. The Labute approximate surface area is 211 Å². The predicted octanol–water partition coefficient (Wildman–Crippen LogP) is 3.50. The van der Waals surface area contributed by atoms with Gasteiger partial charge in [0.25, 0.3) is 0 Å². The van der Waals surface area contributed by atoms with Crippen molar-refractivity contribution in [1.29, 1.82) is 5.26 Å². The van der Waals surface area contributed by atoms with Gasteiger partial charge in [0, 0.05) is 47.6 Å². The van der Waals surface area contributed by atoms with Crippen molar-refractivity contribution in [2.45, 2.75) is 25.8 Å². The van der Waals surface area contributed by atoms with Crippen LogP contribution in [0.3, 0.4) is 0 Å². The van der Waals surface area contributed by atoms with Crippen LogP contribution in [0, 0.1) is 11.3 Å². The van der Waals surface area contributed by atoms with E-state index in [0.717, 1.165) is 31.6 Å². The van der Waals surface area contributed by atoms with E-state index >= 15 is 0 Å². The number of aromatic nitrogens is 3.